The van der Waals surface area contributed by atoms with Gasteiger partial charge in [0.05, 0.1) is 0 Å². The van der Waals surface area contributed by atoms with Crippen molar-refractivity contribution in [2.75, 3.05) is 33.2 Å². The summed E-state index contributed by atoms with van der Waals surface area (Å²) in [6.45, 7) is 15.9. The fourth-order valence-corrected chi connectivity index (χ4v) is 4.30. The first-order valence-electron chi connectivity index (χ1n) is 12.3. The molecule has 0 aromatic carbocycles. The summed E-state index contributed by atoms with van der Waals surface area (Å²) in [5.41, 5.74) is 1.55. The van der Waals surface area contributed by atoms with E-state index in [0.29, 0.717) is 43.6 Å². The Balaban J connectivity index is 1.53. The first kappa shape index (κ1) is 25.9. The second-order valence-corrected chi connectivity index (χ2v) is 10.7. The first-order valence-corrected chi connectivity index (χ1v) is 12.3. The zero-order chi connectivity index (χ0) is 24.9. The van der Waals surface area contributed by atoms with Crippen molar-refractivity contribution >= 4 is 24.1 Å². The van der Waals surface area contributed by atoms with Crippen LogP contribution in [0.2, 0.25) is 0 Å². The third kappa shape index (κ3) is 6.68. The van der Waals surface area contributed by atoms with Crippen LogP contribution in [0.3, 0.4) is 0 Å². The van der Waals surface area contributed by atoms with E-state index in [0.717, 1.165) is 37.5 Å². The molecule has 188 valence electrons. The summed E-state index contributed by atoms with van der Waals surface area (Å²) in [4.78, 5) is 37.8. The van der Waals surface area contributed by atoms with E-state index in [1.807, 2.05) is 50.0 Å². The average Bonchev–Trinajstić information content (AvgIpc) is 3.10. The molecule has 3 aliphatic rings. The summed E-state index contributed by atoms with van der Waals surface area (Å²) in [6, 6.07) is 0.551. The number of carbonyl (C=O) groups is 1. The zero-order valence-electron chi connectivity index (χ0n) is 21.5. The van der Waals surface area contributed by atoms with Crippen molar-refractivity contribution in [3.63, 3.8) is 0 Å². The Morgan fingerprint density at radius 3 is 2.59 bits per heavy atom. The molecule has 3 heterocycles. The number of amides is 1. The van der Waals surface area contributed by atoms with E-state index in [1.165, 1.54) is 6.42 Å². The molecule has 9 heteroatoms. The Hall–Kier alpha value is -2.68. The summed E-state index contributed by atoms with van der Waals surface area (Å²) >= 11 is 0. The number of likely N-dealkylation sites (tertiary alicyclic amines) is 2. The lowest BCUT2D eigenvalue weighted by atomic mass is 9.93. The van der Waals surface area contributed by atoms with Gasteiger partial charge in [0, 0.05) is 75.6 Å². The number of guanidine groups is 1. The van der Waals surface area contributed by atoms with Crippen LogP contribution in [-0.4, -0.2) is 78.1 Å². The van der Waals surface area contributed by atoms with Gasteiger partial charge < -0.3 is 19.5 Å². The number of nitrogens with two attached hydrogens (primary N) is 1. The van der Waals surface area contributed by atoms with Gasteiger partial charge in [-0.15, -0.1) is 0 Å². The molecule has 0 spiro atoms. The molecule has 0 aromatic heterocycles. The van der Waals surface area contributed by atoms with Gasteiger partial charge in [0.25, 0.3) is 0 Å². The van der Waals surface area contributed by atoms with E-state index in [2.05, 4.69) is 33.4 Å². The van der Waals surface area contributed by atoms with Gasteiger partial charge in [-0.3, -0.25) is 4.79 Å². The van der Waals surface area contributed by atoms with E-state index in [4.69, 9.17) is 10.7 Å². The van der Waals surface area contributed by atoms with Crippen LogP contribution < -0.4 is 5.90 Å². The van der Waals surface area contributed by atoms with Crippen LogP contribution >= 0.6 is 0 Å². The number of hydrogen-bond acceptors (Lipinski definition) is 7. The highest BCUT2D eigenvalue weighted by Crippen LogP contribution is 2.26. The molecule has 9 nitrogen and oxygen atoms in total. The minimum Gasteiger partial charge on any atom is -0.373 e. The monoisotopic (exact) mass is 471 g/mol. The average molecular weight is 472 g/mol. The number of aliphatic imine (C=N–C) groups is 3. The predicted molar refractivity (Wildman–Crippen MR) is 137 cm³/mol. The Morgan fingerprint density at radius 2 is 2.00 bits per heavy atom. The lowest BCUT2D eigenvalue weighted by Gasteiger charge is -2.37. The summed E-state index contributed by atoms with van der Waals surface area (Å²) in [5.74, 6) is 7.04. The van der Waals surface area contributed by atoms with Gasteiger partial charge in [-0.05, 0) is 30.8 Å². The molecule has 34 heavy (non-hydrogen) atoms. The van der Waals surface area contributed by atoms with Crippen LogP contribution in [0.4, 0.5) is 0 Å². The van der Waals surface area contributed by atoms with Crippen molar-refractivity contribution < 1.29 is 9.63 Å². The maximum absolute atomic E-state index is 13.0. The molecule has 0 aliphatic carbocycles. The number of piperidine rings is 1. The van der Waals surface area contributed by atoms with Crippen molar-refractivity contribution in [2.24, 2.45) is 32.2 Å². The lowest BCUT2D eigenvalue weighted by molar-refractivity contribution is -0.131. The van der Waals surface area contributed by atoms with Gasteiger partial charge >= 0.3 is 6.02 Å². The molecular formula is C25H41N7O2. The highest BCUT2D eigenvalue weighted by Gasteiger charge is 2.29. The zero-order valence-corrected chi connectivity index (χ0v) is 21.5. The molecule has 0 bridgehead atoms. The van der Waals surface area contributed by atoms with E-state index in [1.54, 1.807) is 0 Å². The topological polar surface area (TPSA) is 99.1 Å². The van der Waals surface area contributed by atoms with Crippen molar-refractivity contribution in [3.8, 4) is 0 Å². The molecule has 0 radical (unpaired) electrons. The first-order chi connectivity index (χ1) is 16.1. The van der Waals surface area contributed by atoms with E-state index in [-0.39, 0.29) is 17.4 Å². The van der Waals surface area contributed by atoms with Crippen LogP contribution in [0.1, 0.15) is 59.8 Å². The number of rotatable bonds is 4. The van der Waals surface area contributed by atoms with Crippen LogP contribution in [0.15, 0.2) is 39.0 Å². The van der Waals surface area contributed by atoms with Gasteiger partial charge in [0.1, 0.15) is 0 Å². The Kier molecular flexibility index (Phi) is 8.52. The Bertz CT molecular complexity index is 876. The minimum atomic E-state index is -0.163. The van der Waals surface area contributed by atoms with Gasteiger partial charge in [-0.25, -0.2) is 15.0 Å². The largest absolute Gasteiger partial charge is 0.373 e. The second-order valence-electron chi connectivity index (χ2n) is 10.7. The lowest BCUT2D eigenvalue weighted by Crippen LogP contribution is -2.48. The standard InChI is InChI=1S/C25H41N7O2/c1-18-8-12-32(17-18)23-27-11-7-20(16-28-23)15-22(33)30(6)21-9-13-31(14-10-21)24(34-26)29-19(2)25(3,4)5/h11,16,18,21H,2,7-10,12-15,17,26H2,1,3-6H3. The summed E-state index contributed by atoms with van der Waals surface area (Å²) in [7, 11) is 1.89. The van der Waals surface area contributed by atoms with Gasteiger partial charge in [0.15, 0.2) is 0 Å². The molecule has 2 saturated heterocycles. The molecule has 2 fully saturated rings. The SMILES string of the molecule is C=C(N=C(ON)N1CCC(N(C)C(=O)CC2=CN=C(N3CCC(C)C3)N=CC2)CC1)C(C)(C)C. The molecule has 1 unspecified atom stereocenters. The number of amidine groups is 1. The number of allylic oxidation sites excluding steroid dienone is 1. The summed E-state index contributed by atoms with van der Waals surface area (Å²) in [6.07, 6.45) is 7.54. The molecular weight excluding hydrogens is 430 g/mol. The van der Waals surface area contributed by atoms with Gasteiger partial charge in [-0.1, -0.05) is 34.3 Å². The molecule has 1 atom stereocenters. The van der Waals surface area contributed by atoms with E-state index in [9.17, 15) is 4.79 Å². The van der Waals surface area contributed by atoms with Crippen molar-refractivity contribution in [1.29, 1.82) is 0 Å². The van der Waals surface area contributed by atoms with Crippen molar-refractivity contribution in [3.05, 3.63) is 24.0 Å². The smallest absolute Gasteiger partial charge is 0.311 e. The van der Waals surface area contributed by atoms with Crippen LogP contribution in [0.5, 0.6) is 0 Å². The maximum atomic E-state index is 13.0. The maximum Gasteiger partial charge on any atom is 0.311 e. The molecule has 3 aliphatic heterocycles. The summed E-state index contributed by atoms with van der Waals surface area (Å²) < 4.78 is 0. The minimum absolute atomic E-state index is 0.108. The number of carbonyl (C=O) groups excluding carboxylic acids is 1. The third-order valence-corrected chi connectivity index (χ3v) is 6.89. The normalized spacial score (nSPS) is 22.3. The quantitative estimate of drug-likeness (QED) is 0.386. The number of hydrogen-bond donors (Lipinski definition) is 1. The third-order valence-electron chi connectivity index (χ3n) is 6.89. The van der Waals surface area contributed by atoms with Gasteiger partial charge in [0.2, 0.25) is 11.9 Å². The Labute approximate surface area is 204 Å². The molecule has 0 aromatic rings. The van der Waals surface area contributed by atoms with Crippen LogP contribution in [0, 0.1) is 11.3 Å². The molecule has 2 N–H and O–H groups in total. The van der Waals surface area contributed by atoms with E-state index >= 15 is 0 Å². The van der Waals surface area contributed by atoms with Crippen molar-refractivity contribution in [1.82, 2.24) is 14.7 Å². The van der Waals surface area contributed by atoms with Crippen LogP contribution in [-0.2, 0) is 9.63 Å². The molecule has 1 amide bonds. The van der Waals surface area contributed by atoms with E-state index < -0.39 is 0 Å². The molecule has 0 saturated carbocycles. The predicted octanol–water partition coefficient (Wildman–Crippen LogP) is 3.16. The summed E-state index contributed by atoms with van der Waals surface area (Å²) in [5, 5.41) is 0. The number of nitrogens with zero attached hydrogens (tertiary/aromatic N) is 6. The highest BCUT2D eigenvalue weighted by atomic mass is 16.6. The van der Waals surface area contributed by atoms with Crippen molar-refractivity contribution in [2.45, 2.75) is 65.8 Å². The van der Waals surface area contributed by atoms with Gasteiger partial charge in [-0.2, -0.15) is 5.90 Å². The second kappa shape index (κ2) is 11.2. The molecule has 3 rings (SSSR count). The fourth-order valence-electron chi connectivity index (χ4n) is 4.30. The Morgan fingerprint density at radius 1 is 1.29 bits per heavy atom. The highest BCUT2D eigenvalue weighted by molar-refractivity contribution is 5.90. The van der Waals surface area contributed by atoms with Crippen LogP contribution in [0.25, 0.3) is 0 Å². The fraction of sp³-hybridized carbons (Fsp3) is 0.680.